The van der Waals surface area contributed by atoms with Crippen LogP contribution in [0.3, 0.4) is 0 Å². The van der Waals surface area contributed by atoms with Crippen molar-refractivity contribution in [2.45, 2.75) is 17.4 Å². The van der Waals surface area contributed by atoms with Gasteiger partial charge in [-0.15, -0.1) is 0 Å². The third kappa shape index (κ3) is 5.03. The molecule has 2 heterocycles. The van der Waals surface area contributed by atoms with Gasteiger partial charge in [0.25, 0.3) is 5.91 Å². The number of morpholine rings is 1. The number of anilines is 1. The van der Waals surface area contributed by atoms with Gasteiger partial charge in [-0.05, 0) is 24.6 Å². The smallest absolute Gasteiger partial charge is 0.270 e. The summed E-state index contributed by atoms with van der Waals surface area (Å²) >= 11 is 0. The molecule has 0 N–H and O–H groups in total. The zero-order valence-corrected chi connectivity index (χ0v) is 19.9. The fourth-order valence-electron chi connectivity index (χ4n) is 3.90. The molecule has 2 saturated heterocycles. The number of ether oxygens (including phenoxy) is 1. The number of rotatable bonds is 6. The van der Waals surface area contributed by atoms with Gasteiger partial charge in [-0.1, -0.05) is 0 Å². The molecule has 2 aliphatic rings. The average molecular weight is 475 g/mol. The Morgan fingerprint density at radius 3 is 2.29 bits per heavy atom. The normalized spacial score (nSPS) is 21.6. The second-order valence-electron chi connectivity index (χ2n) is 8.12. The highest BCUT2D eigenvalue weighted by Crippen LogP contribution is 2.29. The van der Waals surface area contributed by atoms with Gasteiger partial charge in [0.15, 0.2) is 9.84 Å². The Morgan fingerprint density at radius 1 is 1.13 bits per heavy atom. The molecule has 3 rings (SSSR count). The highest BCUT2D eigenvalue weighted by atomic mass is 32.2. The molecule has 1 aromatic carbocycles. The molecule has 0 radical (unpaired) electrons. The molecule has 12 heteroatoms. The first-order valence-electron chi connectivity index (χ1n) is 10.0. The topological polar surface area (TPSA) is 108 Å². The number of amides is 1. The van der Waals surface area contributed by atoms with E-state index in [4.69, 9.17) is 4.74 Å². The van der Waals surface area contributed by atoms with Crippen LogP contribution in [0.1, 0.15) is 16.8 Å². The largest absolute Gasteiger partial charge is 0.378 e. The van der Waals surface area contributed by atoms with Gasteiger partial charge in [0, 0.05) is 47.0 Å². The average Bonchev–Trinajstić information content (AvgIpc) is 3.06. The number of carbonyl (C=O) groups is 1. The van der Waals surface area contributed by atoms with E-state index in [-0.39, 0.29) is 22.0 Å². The van der Waals surface area contributed by atoms with Crippen molar-refractivity contribution in [1.82, 2.24) is 14.3 Å². The van der Waals surface area contributed by atoms with Crippen molar-refractivity contribution in [3.63, 3.8) is 0 Å². The Labute approximate surface area is 184 Å². The highest BCUT2D eigenvalue weighted by Gasteiger charge is 2.38. The van der Waals surface area contributed by atoms with Crippen LogP contribution in [0, 0.1) is 0 Å². The first-order valence-corrected chi connectivity index (χ1v) is 13.3. The molecule has 31 heavy (non-hydrogen) atoms. The Hall–Kier alpha value is -1.73. The van der Waals surface area contributed by atoms with E-state index >= 15 is 0 Å². The van der Waals surface area contributed by atoms with E-state index in [0.717, 1.165) is 4.31 Å². The van der Waals surface area contributed by atoms with Gasteiger partial charge in [-0.2, -0.15) is 0 Å². The van der Waals surface area contributed by atoms with Crippen LogP contribution in [0.2, 0.25) is 0 Å². The van der Waals surface area contributed by atoms with Crippen molar-refractivity contribution in [3.05, 3.63) is 23.8 Å². The Bertz CT molecular complexity index is 1030. The molecule has 0 saturated carbocycles. The van der Waals surface area contributed by atoms with Gasteiger partial charge >= 0.3 is 0 Å². The van der Waals surface area contributed by atoms with E-state index in [1.807, 2.05) is 4.90 Å². The SMILES string of the molecule is CN(C)N(C(=O)c1cc(S(=O)(=O)N(C)C)ccc1N1CCOCC1)[C@H]1CCS(=O)(=O)C1. The van der Waals surface area contributed by atoms with Crippen LogP contribution in [0.15, 0.2) is 23.1 Å². The maximum absolute atomic E-state index is 13.7. The molecule has 174 valence electrons. The third-order valence-electron chi connectivity index (χ3n) is 5.52. The van der Waals surface area contributed by atoms with Crippen molar-refractivity contribution in [1.29, 1.82) is 0 Å². The lowest BCUT2D eigenvalue weighted by Gasteiger charge is -2.36. The second-order valence-corrected chi connectivity index (χ2v) is 12.5. The minimum atomic E-state index is -3.75. The molecule has 0 bridgehead atoms. The number of sulfonamides is 1. The Morgan fingerprint density at radius 2 is 1.77 bits per heavy atom. The van der Waals surface area contributed by atoms with Gasteiger partial charge in [0.1, 0.15) is 0 Å². The lowest BCUT2D eigenvalue weighted by atomic mass is 10.1. The van der Waals surface area contributed by atoms with Gasteiger partial charge in [-0.25, -0.2) is 26.1 Å². The molecular formula is C19H30N4O6S2. The Kier molecular flexibility index (Phi) is 6.96. The summed E-state index contributed by atoms with van der Waals surface area (Å²) in [6, 6.07) is 4.03. The second kappa shape index (κ2) is 9.02. The van der Waals surface area contributed by atoms with Gasteiger partial charge in [-0.3, -0.25) is 9.80 Å². The summed E-state index contributed by atoms with van der Waals surface area (Å²) in [5, 5.41) is 3.00. The molecule has 0 aliphatic carbocycles. The van der Waals surface area contributed by atoms with Crippen LogP contribution in [-0.2, 0) is 24.6 Å². The molecule has 1 atom stereocenters. The van der Waals surface area contributed by atoms with E-state index in [2.05, 4.69) is 0 Å². The maximum Gasteiger partial charge on any atom is 0.270 e. The number of sulfone groups is 1. The van der Waals surface area contributed by atoms with Crippen molar-refractivity contribution < 1.29 is 26.4 Å². The van der Waals surface area contributed by atoms with Crippen molar-refractivity contribution in [3.8, 4) is 0 Å². The summed E-state index contributed by atoms with van der Waals surface area (Å²) in [6.07, 6.45) is 0.342. The standard InChI is InChI=1S/C19H30N4O6S2/c1-20(2)23(15-7-12-30(25,26)14-15)19(24)17-13-16(31(27,28)21(3)4)5-6-18(17)22-8-10-29-11-9-22/h5-6,13,15H,7-12,14H2,1-4H3/t15-/m0/s1. The first kappa shape index (κ1) is 23.9. The zero-order chi connectivity index (χ0) is 23.0. The molecule has 1 amide bonds. The summed E-state index contributed by atoms with van der Waals surface area (Å²) in [5.74, 6) is -0.510. The first-order chi connectivity index (χ1) is 14.4. The minimum Gasteiger partial charge on any atom is -0.378 e. The number of nitrogens with zero attached hydrogens (tertiary/aromatic N) is 4. The van der Waals surface area contributed by atoms with E-state index in [0.29, 0.717) is 38.4 Å². The van der Waals surface area contributed by atoms with Gasteiger partial charge in [0.05, 0.1) is 41.2 Å². The predicted molar refractivity (Wildman–Crippen MR) is 117 cm³/mol. The molecule has 1 aromatic rings. The molecule has 0 spiro atoms. The van der Waals surface area contributed by atoms with Gasteiger partial charge in [0.2, 0.25) is 10.0 Å². The van der Waals surface area contributed by atoms with Crippen LogP contribution in [-0.4, -0.2) is 109 Å². The lowest BCUT2D eigenvalue weighted by Crippen LogP contribution is -2.50. The molecule has 0 unspecified atom stereocenters. The monoisotopic (exact) mass is 474 g/mol. The summed E-state index contributed by atoms with van der Waals surface area (Å²) < 4.78 is 56.0. The summed E-state index contributed by atoms with van der Waals surface area (Å²) in [5.41, 5.74) is 0.835. The molecule has 10 nitrogen and oxygen atoms in total. The van der Waals surface area contributed by atoms with E-state index in [1.165, 1.54) is 31.2 Å². The van der Waals surface area contributed by atoms with Gasteiger partial charge < -0.3 is 9.64 Å². The number of hydrazine groups is 1. The van der Waals surface area contributed by atoms with Crippen LogP contribution < -0.4 is 4.90 Å². The van der Waals surface area contributed by atoms with Crippen LogP contribution in [0.5, 0.6) is 0 Å². The minimum absolute atomic E-state index is 0.00982. The molecular weight excluding hydrogens is 444 g/mol. The van der Waals surface area contributed by atoms with Crippen molar-refractivity contribution in [2.75, 3.05) is 70.9 Å². The van der Waals surface area contributed by atoms with E-state index in [1.54, 1.807) is 25.2 Å². The summed E-state index contributed by atoms with van der Waals surface area (Å²) in [4.78, 5) is 15.7. The molecule has 0 aromatic heterocycles. The number of benzene rings is 1. The number of hydrogen-bond donors (Lipinski definition) is 0. The third-order valence-corrected chi connectivity index (χ3v) is 9.08. The van der Waals surface area contributed by atoms with E-state index < -0.39 is 31.8 Å². The zero-order valence-electron chi connectivity index (χ0n) is 18.3. The fourth-order valence-corrected chi connectivity index (χ4v) is 6.52. The Balaban J connectivity index is 2.09. The summed E-state index contributed by atoms with van der Waals surface area (Å²) in [7, 11) is -0.745. The van der Waals surface area contributed by atoms with Crippen LogP contribution in [0.25, 0.3) is 0 Å². The maximum atomic E-state index is 13.7. The fraction of sp³-hybridized carbons (Fsp3) is 0.632. The van der Waals surface area contributed by atoms with Crippen LogP contribution in [0.4, 0.5) is 5.69 Å². The number of hydrogen-bond acceptors (Lipinski definition) is 8. The molecule has 2 aliphatic heterocycles. The summed E-state index contributed by atoms with van der Waals surface area (Å²) in [6.45, 7) is 2.15. The number of carbonyl (C=O) groups excluding carboxylic acids is 1. The quantitative estimate of drug-likeness (QED) is 0.525. The van der Waals surface area contributed by atoms with Crippen LogP contribution >= 0.6 is 0 Å². The van der Waals surface area contributed by atoms with Crippen molar-refractivity contribution >= 4 is 31.5 Å². The molecule has 2 fully saturated rings. The van der Waals surface area contributed by atoms with E-state index in [9.17, 15) is 21.6 Å². The lowest BCUT2D eigenvalue weighted by molar-refractivity contribution is 0.00101. The highest BCUT2D eigenvalue weighted by molar-refractivity contribution is 7.91. The van der Waals surface area contributed by atoms with Crippen molar-refractivity contribution in [2.24, 2.45) is 0 Å². The predicted octanol–water partition coefficient (Wildman–Crippen LogP) is -0.121.